The predicted molar refractivity (Wildman–Crippen MR) is 69.8 cm³/mol. The number of ether oxygens (including phenoxy) is 1. The molecule has 2 nitrogen and oxygen atoms in total. The van der Waals surface area contributed by atoms with Crippen LogP contribution in [0, 0.1) is 5.41 Å². The Morgan fingerprint density at radius 2 is 1.50 bits per heavy atom. The van der Waals surface area contributed by atoms with Crippen LogP contribution in [-0.2, 0) is 4.74 Å². The Balaban J connectivity index is 2.87. The fourth-order valence-corrected chi connectivity index (χ4v) is 2.49. The predicted octanol–water partition coefficient (Wildman–Crippen LogP) is 3.31. The molecule has 0 aliphatic carbocycles. The van der Waals surface area contributed by atoms with Crippen molar-refractivity contribution in [2.24, 2.45) is 5.41 Å². The molecule has 96 valence electrons. The normalized spacial score (nSPS) is 25.7. The Labute approximate surface area is 101 Å². The van der Waals surface area contributed by atoms with Crippen molar-refractivity contribution in [2.45, 2.75) is 66.0 Å². The summed E-state index contributed by atoms with van der Waals surface area (Å²) in [6, 6.07) is 0. The molecule has 1 aliphatic heterocycles. The van der Waals surface area contributed by atoms with Crippen LogP contribution in [0.3, 0.4) is 0 Å². The molecule has 0 aromatic rings. The highest BCUT2D eigenvalue weighted by Gasteiger charge is 2.43. The molecule has 1 rings (SSSR count). The SMILES string of the molecule is CCC(C)(C)CN1C(C)(C)COCC1(C)C. The molecular weight excluding hydrogens is 198 g/mol. The van der Waals surface area contributed by atoms with Crippen molar-refractivity contribution in [3.05, 3.63) is 0 Å². The highest BCUT2D eigenvalue weighted by molar-refractivity contribution is 4.97. The second kappa shape index (κ2) is 4.30. The molecular formula is C14H29NO. The molecule has 0 unspecified atom stereocenters. The van der Waals surface area contributed by atoms with Crippen LogP contribution in [0.5, 0.6) is 0 Å². The van der Waals surface area contributed by atoms with Crippen LogP contribution in [0.15, 0.2) is 0 Å². The molecule has 1 heterocycles. The van der Waals surface area contributed by atoms with Gasteiger partial charge in [0.2, 0.25) is 0 Å². The van der Waals surface area contributed by atoms with Gasteiger partial charge in [-0.05, 0) is 39.5 Å². The lowest BCUT2D eigenvalue weighted by atomic mass is 9.83. The standard InChI is InChI=1S/C14H29NO/c1-8-12(2,3)9-15-13(4,5)10-16-11-14(15,6)7/h8-11H2,1-7H3. The first kappa shape index (κ1) is 14.0. The monoisotopic (exact) mass is 227 g/mol. The average Bonchev–Trinajstić information content (AvgIpc) is 2.11. The summed E-state index contributed by atoms with van der Waals surface area (Å²) in [6.45, 7) is 19.0. The third-order valence-corrected chi connectivity index (χ3v) is 3.92. The van der Waals surface area contributed by atoms with Gasteiger partial charge in [0, 0.05) is 17.6 Å². The summed E-state index contributed by atoms with van der Waals surface area (Å²) < 4.78 is 5.74. The van der Waals surface area contributed by atoms with Gasteiger partial charge in [0.05, 0.1) is 13.2 Å². The minimum atomic E-state index is 0.147. The highest BCUT2D eigenvalue weighted by atomic mass is 16.5. The van der Waals surface area contributed by atoms with Crippen molar-refractivity contribution in [1.82, 2.24) is 4.90 Å². The number of nitrogens with zero attached hydrogens (tertiary/aromatic N) is 1. The van der Waals surface area contributed by atoms with E-state index in [1.165, 1.54) is 6.42 Å². The summed E-state index contributed by atoms with van der Waals surface area (Å²) >= 11 is 0. The topological polar surface area (TPSA) is 12.5 Å². The second-order valence-corrected chi connectivity index (χ2v) is 7.22. The molecule has 0 atom stereocenters. The van der Waals surface area contributed by atoms with Gasteiger partial charge in [-0.3, -0.25) is 4.90 Å². The van der Waals surface area contributed by atoms with Crippen molar-refractivity contribution in [1.29, 1.82) is 0 Å². The summed E-state index contributed by atoms with van der Waals surface area (Å²) in [7, 11) is 0. The molecule has 1 aliphatic rings. The van der Waals surface area contributed by atoms with Crippen LogP contribution in [-0.4, -0.2) is 35.7 Å². The van der Waals surface area contributed by atoms with Crippen molar-refractivity contribution < 1.29 is 4.74 Å². The fraction of sp³-hybridized carbons (Fsp3) is 1.00. The molecule has 0 saturated carbocycles. The maximum absolute atomic E-state index is 5.74. The van der Waals surface area contributed by atoms with E-state index < -0.39 is 0 Å². The Morgan fingerprint density at radius 3 is 1.88 bits per heavy atom. The number of hydrogen-bond donors (Lipinski definition) is 0. The van der Waals surface area contributed by atoms with E-state index in [1.54, 1.807) is 0 Å². The van der Waals surface area contributed by atoms with E-state index in [0.717, 1.165) is 19.8 Å². The second-order valence-electron chi connectivity index (χ2n) is 7.22. The zero-order chi connectivity index (χ0) is 12.6. The molecule has 2 heteroatoms. The lowest BCUT2D eigenvalue weighted by Gasteiger charge is -2.54. The average molecular weight is 227 g/mol. The van der Waals surface area contributed by atoms with Crippen molar-refractivity contribution >= 4 is 0 Å². The molecule has 0 aromatic heterocycles. The first-order valence-corrected chi connectivity index (χ1v) is 6.46. The minimum absolute atomic E-state index is 0.147. The molecule has 0 spiro atoms. The summed E-state index contributed by atoms with van der Waals surface area (Å²) in [5.41, 5.74) is 0.675. The zero-order valence-electron chi connectivity index (χ0n) is 12.2. The minimum Gasteiger partial charge on any atom is -0.378 e. The number of rotatable bonds is 3. The lowest BCUT2D eigenvalue weighted by Crippen LogP contribution is -2.65. The zero-order valence-corrected chi connectivity index (χ0v) is 12.2. The van der Waals surface area contributed by atoms with E-state index in [9.17, 15) is 0 Å². The summed E-state index contributed by atoms with van der Waals surface area (Å²) in [6.07, 6.45) is 1.22. The lowest BCUT2D eigenvalue weighted by molar-refractivity contribution is -0.138. The Kier molecular flexibility index (Phi) is 3.76. The third-order valence-electron chi connectivity index (χ3n) is 3.92. The molecule has 0 radical (unpaired) electrons. The smallest absolute Gasteiger partial charge is 0.0646 e. The van der Waals surface area contributed by atoms with Crippen LogP contribution in [0.1, 0.15) is 54.9 Å². The molecule has 0 N–H and O–H groups in total. The quantitative estimate of drug-likeness (QED) is 0.733. The van der Waals surface area contributed by atoms with E-state index in [1.807, 2.05) is 0 Å². The Bertz CT molecular complexity index is 227. The van der Waals surface area contributed by atoms with Gasteiger partial charge in [0.1, 0.15) is 0 Å². The molecule has 0 bridgehead atoms. The largest absolute Gasteiger partial charge is 0.378 e. The fourth-order valence-electron chi connectivity index (χ4n) is 2.49. The first-order valence-electron chi connectivity index (χ1n) is 6.46. The number of hydrogen-bond acceptors (Lipinski definition) is 2. The Hall–Kier alpha value is -0.0800. The summed E-state index contributed by atoms with van der Waals surface area (Å²) in [5.74, 6) is 0. The van der Waals surface area contributed by atoms with Crippen LogP contribution >= 0.6 is 0 Å². The molecule has 1 fully saturated rings. The maximum Gasteiger partial charge on any atom is 0.0646 e. The molecule has 16 heavy (non-hydrogen) atoms. The van der Waals surface area contributed by atoms with Gasteiger partial charge in [-0.1, -0.05) is 20.8 Å². The van der Waals surface area contributed by atoms with E-state index in [-0.39, 0.29) is 11.1 Å². The van der Waals surface area contributed by atoms with E-state index in [4.69, 9.17) is 4.74 Å². The number of morpholine rings is 1. The van der Waals surface area contributed by atoms with Gasteiger partial charge in [-0.2, -0.15) is 0 Å². The van der Waals surface area contributed by atoms with E-state index in [2.05, 4.69) is 53.4 Å². The third kappa shape index (κ3) is 2.98. The molecule has 0 aromatic carbocycles. The first-order chi connectivity index (χ1) is 7.11. The van der Waals surface area contributed by atoms with Gasteiger partial charge in [0.25, 0.3) is 0 Å². The van der Waals surface area contributed by atoms with Crippen LogP contribution < -0.4 is 0 Å². The maximum atomic E-state index is 5.74. The van der Waals surface area contributed by atoms with Gasteiger partial charge in [0.15, 0.2) is 0 Å². The summed E-state index contributed by atoms with van der Waals surface area (Å²) in [4.78, 5) is 2.63. The van der Waals surface area contributed by atoms with Gasteiger partial charge < -0.3 is 4.74 Å². The van der Waals surface area contributed by atoms with E-state index >= 15 is 0 Å². The molecule has 0 amide bonds. The van der Waals surface area contributed by atoms with Gasteiger partial charge >= 0.3 is 0 Å². The van der Waals surface area contributed by atoms with Crippen LogP contribution in [0.4, 0.5) is 0 Å². The van der Waals surface area contributed by atoms with Crippen molar-refractivity contribution in [3.63, 3.8) is 0 Å². The highest BCUT2D eigenvalue weighted by Crippen LogP contribution is 2.35. The van der Waals surface area contributed by atoms with Gasteiger partial charge in [-0.25, -0.2) is 0 Å². The van der Waals surface area contributed by atoms with Crippen LogP contribution in [0.25, 0.3) is 0 Å². The Morgan fingerprint density at radius 1 is 1.06 bits per heavy atom. The van der Waals surface area contributed by atoms with Crippen molar-refractivity contribution in [2.75, 3.05) is 19.8 Å². The molecule has 1 saturated heterocycles. The van der Waals surface area contributed by atoms with E-state index in [0.29, 0.717) is 5.41 Å². The van der Waals surface area contributed by atoms with Gasteiger partial charge in [-0.15, -0.1) is 0 Å². The van der Waals surface area contributed by atoms with Crippen molar-refractivity contribution in [3.8, 4) is 0 Å². The summed E-state index contributed by atoms with van der Waals surface area (Å²) in [5, 5.41) is 0. The van der Waals surface area contributed by atoms with Crippen LogP contribution in [0.2, 0.25) is 0 Å².